The van der Waals surface area contributed by atoms with Crippen LogP contribution in [0.15, 0.2) is 78.9 Å². The fraction of sp³-hybridized carbons (Fsp3) is 0.269. The zero-order chi connectivity index (χ0) is 21.9. The molecule has 5 nitrogen and oxygen atoms in total. The summed E-state index contributed by atoms with van der Waals surface area (Å²) in [6.45, 7) is 4.35. The number of hydrogen-bond acceptors (Lipinski definition) is 3. The van der Waals surface area contributed by atoms with E-state index in [9.17, 15) is 4.79 Å². The van der Waals surface area contributed by atoms with Crippen LogP contribution in [0.4, 0.5) is 10.5 Å². The van der Waals surface area contributed by atoms with E-state index in [4.69, 9.17) is 9.47 Å². The average Bonchev–Trinajstić information content (AvgIpc) is 2.80. The lowest BCUT2D eigenvalue weighted by atomic mass is 10.2. The Morgan fingerprint density at radius 1 is 0.871 bits per heavy atom. The Hall–Kier alpha value is -3.31. The number of methoxy groups -OCH3 is 1. The molecule has 0 bridgehead atoms. The van der Waals surface area contributed by atoms with Crippen LogP contribution in [0.2, 0.25) is 0 Å². The molecule has 1 N–H and O–H groups in total. The summed E-state index contributed by atoms with van der Waals surface area (Å²) in [5, 5.41) is 3.03. The molecule has 3 rings (SSSR count). The first kappa shape index (κ1) is 22.4. The average molecular weight is 419 g/mol. The smallest absolute Gasteiger partial charge is 0.322 e. The van der Waals surface area contributed by atoms with Crippen molar-refractivity contribution in [3.8, 4) is 5.75 Å². The minimum Gasteiger partial charge on any atom is -0.497 e. The summed E-state index contributed by atoms with van der Waals surface area (Å²) in [7, 11) is 1.65. The third-order valence-corrected chi connectivity index (χ3v) is 4.87. The molecule has 0 aromatic heterocycles. The topological polar surface area (TPSA) is 50.8 Å². The summed E-state index contributed by atoms with van der Waals surface area (Å²) < 4.78 is 11.0. The lowest BCUT2D eigenvalue weighted by molar-refractivity contribution is 0.107. The lowest BCUT2D eigenvalue weighted by Gasteiger charge is -2.23. The molecule has 31 heavy (non-hydrogen) atoms. The molecule has 5 heteroatoms. The van der Waals surface area contributed by atoms with Crippen molar-refractivity contribution in [1.29, 1.82) is 0 Å². The zero-order valence-corrected chi connectivity index (χ0v) is 18.2. The number of ether oxygens (including phenoxy) is 2. The number of hydrogen-bond donors (Lipinski definition) is 1. The number of urea groups is 1. The quantitative estimate of drug-likeness (QED) is 0.449. The van der Waals surface area contributed by atoms with Crippen molar-refractivity contribution in [3.05, 3.63) is 95.6 Å². The predicted octanol–water partition coefficient (Wildman–Crippen LogP) is 5.86. The van der Waals surface area contributed by atoms with Crippen LogP contribution in [-0.2, 0) is 24.5 Å². The van der Waals surface area contributed by atoms with Gasteiger partial charge >= 0.3 is 6.03 Å². The van der Waals surface area contributed by atoms with Gasteiger partial charge in [-0.2, -0.15) is 0 Å². The van der Waals surface area contributed by atoms with Crippen LogP contribution in [0.25, 0.3) is 0 Å². The lowest BCUT2D eigenvalue weighted by Crippen LogP contribution is -2.35. The van der Waals surface area contributed by atoms with E-state index in [1.165, 1.54) is 0 Å². The van der Waals surface area contributed by atoms with Gasteiger partial charge in [-0.15, -0.1) is 0 Å². The molecule has 0 aliphatic heterocycles. The van der Waals surface area contributed by atoms with Gasteiger partial charge in [-0.05, 0) is 47.4 Å². The van der Waals surface area contributed by atoms with Crippen molar-refractivity contribution < 1.29 is 14.3 Å². The number of nitrogens with zero attached hydrogens (tertiary/aromatic N) is 1. The Balaban J connectivity index is 1.54. The maximum absolute atomic E-state index is 12.8. The van der Waals surface area contributed by atoms with Gasteiger partial charge in [-0.1, -0.05) is 61.5 Å². The largest absolute Gasteiger partial charge is 0.497 e. The second-order valence-corrected chi connectivity index (χ2v) is 7.38. The molecule has 0 radical (unpaired) electrons. The standard InChI is InChI=1S/C26H30N2O3/c1-3-16-28(18-21-8-5-4-6-9-21)26(29)27-24-11-7-10-23(17-24)20-31-19-22-12-14-25(30-2)15-13-22/h4-15,17H,3,16,18-20H2,1-2H3,(H,27,29). The minimum absolute atomic E-state index is 0.0954. The highest BCUT2D eigenvalue weighted by Crippen LogP contribution is 2.16. The molecule has 0 fully saturated rings. The Labute approximate surface area is 184 Å². The third-order valence-electron chi connectivity index (χ3n) is 4.87. The van der Waals surface area contributed by atoms with Gasteiger partial charge in [0, 0.05) is 18.8 Å². The van der Waals surface area contributed by atoms with Gasteiger partial charge in [-0.3, -0.25) is 0 Å². The van der Waals surface area contributed by atoms with Crippen molar-refractivity contribution in [2.24, 2.45) is 0 Å². The zero-order valence-electron chi connectivity index (χ0n) is 18.2. The molecule has 0 atom stereocenters. The number of amides is 2. The number of carbonyl (C=O) groups is 1. The Kier molecular flexibility index (Phi) is 8.49. The monoisotopic (exact) mass is 418 g/mol. The maximum atomic E-state index is 12.8. The fourth-order valence-electron chi connectivity index (χ4n) is 3.28. The predicted molar refractivity (Wildman–Crippen MR) is 124 cm³/mol. The van der Waals surface area contributed by atoms with E-state index in [-0.39, 0.29) is 6.03 Å². The Morgan fingerprint density at radius 2 is 1.58 bits per heavy atom. The van der Waals surface area contributed by atoms with E-state index in [1.807, 2.05) is 83.8 Å². The van der Waals surface area contributed by atoms with Crippen LogP contribution in [0.1, 0.15) is 30.0 Å². The van der Waals surface area contributed by atoms with Gasteiger partial charge in [0.05, 0.1) is 20.3 Å². The van der Waals surface area contributed by atoms with Crippen LogP contribution >= 0.6 is 0 Å². The van der Waals surface area contributed by atoms with E-state index in [2.05, 4.69) is 12.2 Å². The van der Waals surface area contributed by atoms with E-state index in [0.717, 1.165) is 34.5 Å². The Bertz CT molecular complexity index is 942. The highest BCUT2D eigenvalue weighted by Gasteiger charge is 2.13. The van der Waals surface area contributed by atoms with Crippen molar-refractivity contribution in [3.63, 3.8) is 0 Å². The fourth-order valence-corrected chi connectivity index (χ4v) is 3.28. The normalized spacial score (nSPS) is 10.5. The number of benzene rings is 3. The van der Waals surface area contributed by atoms with Crippen LogP contribution in [0, 0.1) is 0 Å². The van der Waals surface area contributed by atoms with Crippen LogP contribution in [0.3, 0.4) is 0 Å². The molecule has 0 saturated carbocycles. The molecule has 0 aliphatic rings. The maximum Gasteiger partial charge on any atom is 0.322 e. The van der Waals surface area contributed by atoms with E-state index in [0.29, 0.717) is 26.3 Å². The third kappa shape index (κ3) is 7.15. The van der Waals surface area contributed by atoms with Gasteiger partial charge in [0.1, 0.15) is 5.75 Å². The molecular weight excluding hydrogens is 388 g/mol. The first-order chi connectivity index (χ1) is 15.2. The van der Waals surface area contributed by atoms with E-state index >= 15 is 0 Å². The summed E-state index contributed by atoms with van der Waals surface area (Å²) in [6, 6.07) is 25.6. The van der Waals surface area contributed by atoms with E-state index in [1.54, 1.807) is 7.11 Å². The van der Waals surface area contributed by atoms with Crippen LogP contribution < -0.4 is 10.1 Å². The van der Waals surface area contributed by atoms with Crippen molar-refractivity contribution in [2.75, 3.05) is 19.0 Å². The van der Waals surface area contributed by atoms with Gasteiger partial charge in [0.2, 0.25) is 0 Å². The summed E-state index contributed by atoms with van der Waals surface area (Å²) in [5.74, 6) is 0.830. The van der Waals surface area contributed by atoms with E-state index < -0.39 is 0 Å². The van der Waals surface area contributed by atoms with Crippen LogP contribution in [0.5, 0.6) is 5.75 Å². The number of carbonyl (C=O) groups excluding carboxylic acids is 1. The molecule has 0 unspecified atom stereocenters. The molecule has 3 aromatic rings. The molecule has 162 valence electrons. The molecule has 0 aliphatic carbocycles. The SMILES string of the molecule is CCCN(Cc1ccccc1)C(=O)Nc1cccc(COCc2ccc(OC)cc2)c1. The second-order valence-electron chi connectivity index (χ2n) is 7.38. The number of anilines is 1. The molecular formula is C26H30N2O3. The van der Waals surface area contributed by atoms with Gasteiger partial charge < -0.3 is 19.7 Å². The van der Waals surface area contributed by atoms with Crippen molar-refractivity contribution in [1.82, 2.24) is 4.90 Å². The van der Waals surface area contributed by atoms with Gasteiger partial charge in [0.25, 0.3) is 0 Å². The summed E-state index contributed by atoms with van der Waals surface area (Å²) in [5.41, 5.74) is 3.98. The summed E-state index contributed by atoms with van der Waals surface area (Å²) in [4.78, 5) is 14.7. The van der Waals surface area contributed by atoms with Crippen molar-refractivity contribution in [2.45, 2.75) is 33.1 Å². The Morgan fingerprint density at radius 3 is 2.29 bits per heavy atom. The molecule has 0 saturated heterocycles. The van der Waals surface area contributed by atoms with Crippen molar-refractivity contribution >= 4 is 11.7 Å². The number of nitrogens with one attached hydrogen (secondary N) is 1. The van der Waals surface area contributed by atoms with Gasteiger partial charge in [0.15, 0.2) is 0 Å². The number of rotatable bonds is 10. The molecule has 2 amide bonds. The first-order valence-corrected chi connectivity index (χ1v) is 10.6. The molecule has 0 heterocycles. The summed E-state index contributed by atoms with van der Waals surface area (Å²) in [6.07, 6.45) is 0.902. The highest BCUT2D eigenvalue weighted by molar-refractivity contribution is 5.89. The molecule has 0 spiro atoms. The molecule has 3 aromatic carbocycles. The summed E-state index contributed by atoms with van der Waals surface area (Å²) >= 11 is 0. The second kappa shape index (κ2) is 11.8. The highest BCUT2D eigenvalue weighted by atomic mass is 16.5. The van der Waals surface area contributed by atoms with Gasteiger partial charge in [-0.25, -0.2) is 4.79 Å². The van der Waals surface area contributed by atoms with Crippen LogP contribution in [-0.4, -0.2) is 24.6 Å². The first-order valence-electron chi connectivity index (χ1n) is 10.6. The minimum atomic E-state index is -0.0954.